The number of aliphatic hydroxyl groups is 1. The Bertz CT molecular complexity index is 264. The second kappa shape index (κ2) is 5.30. The normalized spacial score (nSPS) is 20.3. The molecule has 0 amide bonds. The van der Waals surface area contributed by atoms with Crippen molar-refractivity contribution in [2.75, 3.05) is 13.2 Å². The van der Waals surface area contributed by atoms with Crippen LogP contribution in [-0.4, -0.2) is 24.6 Å². The maximum atomic E-state index is 9.77. The van der Waals surface area contributed by atoms with Crippen LogP contribution in [0.2, 0.25) is 0 Å². The fourth-order valence-electron chi connectivity index (χ4n) is 1.63. The lowest BCUT2D eigenvalue weighted by Gasteiger charge is -2.23. The van der Waals surface area contributed by atoms with E-state index < -0.39 is 6.10 Å². The van der Waals surface area contributed by atoms with Gasteiger partial charge in [0.15, 0.2) is 6.29 Å². The summed E-state index contributed by atoms with van der Waals surface area (Å²) in [5.41, 5.74) is 0.811. The van der Waals surface area contributed by atoms with Crippen molar-refractivity contribution in [1.82, 2.24) is 0 Å². The van der Waals surface area contributed by atoms with Crippen LogP contribution in [0.5, 0.6) is 0 Å². The highest BCUT2D eigenvalue weighted by atomic mass is 16.7. The zero-order valence-electron chi connectivity index (χ0n) is 8.59. The van der Waals surface area contributed by atoms with Crippen LogP contribution in [0.15, 0.2) is 23.0 Å². The third-order valence-electron chi connectivity index (χ3n) is 2.50. The van der Waals surface area contributed by atoms with Crippen molar-refractivity contribution >= 4 is 0 Å². The van der Waals surface area contributed by atoms with Gasteiger partial charge in [-0.15, -0.1) is 0 Å². The highest BCUT2D eigenvalue weighted by Gasteiger charge is 2.17. The molecule has 0 aliphatic carbocycles. The third kappa shape index (κ3) is 3.06. The number of hydrogen-bond donors (Lipinski definition) is 1. The molecular formula is C11H16O4. The van der Waals surface area contributed by atoms with Crippen molar-refractivity contribution in [1.29, 1.82) is 0 Å². The number of rotatable bonds is 4. The van der Waals surface area contributed by atoms with E-state index in [1.165, 1.54) is 0 Å². The molecule has 0 bridgehead atoms. The first kappa shape index (κ1) is 10.7. The van der Waals surface area contributed by atoms with Crippen molar-refractivity contribution in [3.63, 3.8) is 0 Å². The largest absolute Gasteiger partial charge is 0.472 e. The summed E-state index contributed by atoms with van der Waals surface area (Å²) in [6, 6.07) is 1.77. The van der Waals surface area contributed by atoms with Crippen molar-refractivity contribution in [2.24, 2.45) is 0 Å². The fourth-order valence-corrected chi connectivity index (χ4v) is 1.63. The molecule has 1 aliphatic rings. The Morgan fingerprint density at radius 3 is 2.87 bits per heavy atom. The third-order valence-corrected chi connectivity index (χ3v) is 2.50. The summed E-state index contributed by atoms with van der Waals surface area (Å²) in [6.45, 7) is 1.51. The Balaban J connectivity index is 1.73. The van der Waals surface area contributed by atoms with Gasteiger partial charge in [-0.2, -0.15) is 0 Å². The Kier molecular flexibility index (Phi) is 3.77. The lowest BCUT2D eigenvalue weighted by Crippen LogP contribution is -2.25. The second-order valence-electron chi connectivity index (χ2n) is 3.67. The number of furan rings is 1. The molecule has 2 rings (SSSR count). The quantitative estimate of drug-likeness (QED) is 0.827. The molecule has 1 aromatic heterocycles. The van der Waals surface area contributed by atoms with Gasteiger partial charge < -0.3 is 19.0 Å². The first-order valence-electron chi connectivity index (χ1n) is 5.29. The molecule has 1 aliphatic heterocycles. The molecule has 1 aromatic rings. The summed E-state index contributed by atoms with van der Waals surface area (Å²) in [5, 5.41) is 9.77. The van der Waals surface area contributed by atoms with Crippen LogP contribution in [0.3, 0.4) is 0 Å². The van der Waals surface area contributed by atoms with Crippen molar-refractivity contribution in [3.8, 4) is 0 Å². The van der Waals surface area contributed by atoms with Gasteiger partial charge >= 0.3 is 0 Å². The van der Waals surface area contributed by atoms with Crippen LogP contribution in [-0.2, 0) is 9.47 Å². The second-order valence-corrected chi connectivity index (χ2v) is 3.67. The van der Waals surface area contributed by atoms with E-state index in [1.807, 2.05) is 0 Å². The summed E-state index contributed by atoms with van der Waals surface area (Å²) >= 11 is 0. The monoisotopic (exact) mass is 212 g/mol. The SMILES string of the molecule is OC(CCC1OCCCO1)c1ccoc1. The van der Waals surface area contributed by atoms with E-state index in [9.17, 15) is 5.11 Å². The van der Waals surface area contributed by atoms with E-state index in [0.717, 1.165) is 25.2 Å². The first-order chi connectivity index (χ1) is 7.36. The van der Waals surface area contributed by atoms with Crippen molar-refractivity contribution < 1.29 is 19.0 Å². The van der Waals surface area contributed by atoms with E-state index in [0.29, 0.717) is 12.8 Å². The highest BCUT2D eigenvalue weighted by molar-refractivity contribution is 5.08. The molecule has 2 heterocycles. The Labute approximate surface area is 88.8 Å². The maximum Gasteiger partial charge on any atom is 0.157 e. The Morgan fingerprint density at radius 1 is 1.40 bits per heavy atom. The molecule has 0 radical (unpaired) electrons. The van der Waals surface area contributed by atoms with Crippen LogP contribution in [0.4, 0.5) is 0 Å². The van der Waals surface area contributed by atoms with Crippen LogP contribution in [0.25, 0.3) is 0 Å². The molecule has 0 saturated carbocycles. The minimum Gasteiger partial charge on any atom is -0.472 e. The average Bonchev–Trinajstić information content (AvgIpc) is 2.81. The molecule has 1 fully saturated rings. The molecule has 0 aromatic carbocycles. The summed E-state index contributed by atoms with van der Waals surface area (Å²) in [7, 11) is 0. The van der Waals surface area contributed by atoms with E-state index in [4.69, 9.17) is 13.9 Å². The van der Waals surface area contributed by atoms with Gasteiger partial charge in [0.25, 0.3) is 0 Å². The van der Waals surface area contributed by atoms with Crippen LogP contribution in [0, 0.1) is 0 Å². The van der Waals surface area contributed by atoms with Gasteiger partial charge in [0.2, 0.25) is 0 Å². The van der Waals surface area contributed by atoms with E-state index in [2.05, 4.69) is 0 Å². The molecule has 1 saturated heterocycles. The van der Waals surface area contributed by atoms with E-state index in [1.54, 1.807) is 18.6 Å². The molecule has 0 spiro atoms. The summed E-state index contributed by atoms with van der Waals surface area (Å²) in [5.74, 6) is 0. The summed E-state index contributed by atoms with van der Waals surface area (Å²) < 4.78 is 15.7. The molecule has 4 nitrogen and oxygen atoms in total. The molecule has 1 atom stereocenters. The fraction of sp³-hybridized carbons (Fsp3) is 0.636. The van der Waals surface area contributed by atoms with Crippen LogP contribution < -0.4 is 0 Å². The predicted octanol–water partition coefficient (Wildman–Crippen LogP) is 1.86. The standard InChI is InChI=1S/C11H16O4/c12-10(9-4-7-13-8-9)2-3-11-14-5-1-6-15-11/h4,7-8,10-12H,1-3,5-6H2. The van der Waals surface area contributed by atoms with Gasteiger partial charge in [0.05, 0.1) is 31.8 Å². The smallest absolute Gasteiger partial charge is 0.157 e. The summed E-state index contributed by atoms with van der Waals surface area (Å²) in [6.07, 6.45) is 4.79. The van der Waals surface area contributed by atoms with Crippen molar-refractivity contribution in [2.45, 2.75) is 31.7 Å². The molecule has 84 valence electrons. The molecule has 1 unspecified atom stereocenters. The van der Waals surface area contributed by atoms with Crippen LogP contribution >= 0.6 is 0 Å². The molecule has 1 N–H and O–H groups in total. The molecular weight excluding hydrogens is 196 g/mol. The predicted molar refractivity (Wildman–Crippen MR) is 53.2 cm³/mol. The van der Waals surface area contributed by atoms with Crippen molar-refractivity contribution in [3.05, 3.63) is 24.2 Å². The molecule has 4 heteroatoms. The minimum absolute atomic E-state index is 0.152. The highest BCUT2D eigenvalue weighted by Crippen LogP contribution is 2.21. The van der Waals surface area contributed by atoms with Crippen LogP contribution in [0.1, 0.15) is 30.9 Å². The number of aliphatic hydroxyl groups excluding tert-OH is 1. The van der Waals surface area contributed by atoms with Gasteiger partial charge in [0.1, 0.15) is 0 Å². The van der Waals surface area contributed by atoms with Gasteiger partial charge in [-0.25, -0.2) is 0 Å². The lowest BCUT2D eigenvalue weighted by atomic mass is 10.1. The van der Waals surface area contributed by atoms with E-state index >= 15 is 0 Å². The first-order valence-corrected chi connectivity index (χ1v) is 5.29. The Hall–Kier alpha value is -0.840. The zero-order valence-corrected chi connectivity index (χ0v) is 8.59. The van der Waals surface area contributed by atoms with Gasteiger partial charge in [-0.3, -0.25) is 0 Å². The van der Waals surface area contributed by atoms with Gasteiger partial charge in [0, 0.05) is 12.0 Å². The van der Waals surface area contributed by atoms with Gasteiger partial charge in [-0.1, -0.05) is 0 Å². The zero-order chi connectivity index (χ0) is 10.5. The van der Waals surface area contributed by atoms with Gasteiger partial charge in [-0.05, 0) is 18.9 Å². The van der Waals surface area contributed by atoms with E-state index in [-0.39, 0.29) is 6.29 Å². The number of ether oxygens (including phenoxy) is 2. The number of hydrogen-bond acceptors (Lipinski definition) is 4. The average molecular weight is 212 g/mol. The minimum atomic E-state index is -0.488. The lowest BCUT2D eigenvalue weighted by molar-refractivity contribution is -0.183. The Morgan fingerprint density at radius 2 is 2.20 bits per heavy atom. The maximum absolute atomic E-state index is 9.77. The topological polar surface area (TPSA) is 51.8 Å². The molecule has 15 heavy (non-hydrogen) atoms. The summed E-state index contributed by atoms with van der Waals surface area (Å²) in [4.78, 5) is 0.